The second-order valence-corrected chi connectivity index (χ2v) is 9.31. The van der Waals surface area contributed by atoms with Crippen LogP contribution in [0.1, 0.15) is 5.56 Å². The van der Waals surface area contributed by atoms with Crippen LogP contribution in [0.25, 0.3) is 0 Å². The second-order valence-electron chi connectivity index (χ2n) is 7.01. The van der Waals surface area contributed by atoms with Crippen molar-refractivity contribution in [2.45, 2.75) is 11.8 Å². The minimum Gasteiger partial charge on any atom is -0.493 e. The van der Waals surface area contributed by atoms with E-state index in [1.165, 1.54) is 44.6 Å². The van der Waals surface area contributed by atoms with Crippen LogP contribution < -0.4 is 19.1 Å². The first kappa shape index (κ1) is 24.3. The summed E-state index contributed by atoms with van der Waals surface area (Å²) in [5.41, 5.74) is 1.32. The number of hydrogen-bond donors (Lipinski definition) is 1. The first-order valence-electron chi connectivity index (χ1n) is 9.72. The van der Waals surface area contributed by atoms with E-state index in [1.807, 2.05) is 0 Å². The average molecular weight is 493 g/mol. The molecule has 0 atom stereocenters. The molecule has 33 heavy (non-hydrogen) atoms. The van der Waals surface area contributed by atoms with E-state index in [9.17, 15) is 17.6 Å². The fourth-order valence-electron chi connectivity index (χ4n) is 3.08. The molecule has 0 bridgehead atoms. The highest BCUT2D eigenvalue weighted by atomic mass is 35.5. The Morgan fingerprint density at radius 1 is 1.00 bits per heavy atom. The van der Waals surface area contributed by atoms with E-state index in [2.05, 4.69) is 5.32 Å². The Morgan fingerprint density at radius 2 is 1.67 bits per heavy atom. The second kappa shape index (κ2) is 10.1. The zero-order valence-corrected chi connectivity index (χ0v) is 19.7. The minimum atomic E-state index is -4.24. The molecule has 1 N–H and O–H groups in total. The highest BCUT2D eigenvalue weighted by Gasteiger charge is 2.28. The van der Waals surface area contributed by atoms with E-state index >= 15 is 0 Å². The summed E-state index contributed by atoms with van der Waals surface area (Å²) < 4.78 is 51.8. The lowest BCUT2D eigenvalue weighted by molar-refractivity contribution is -0.114. The predicted molar refractivity (Wildman–Crippen MR) is 125 cm³/mol. The maximum atomic E-state index is 13.5. The van der Waals surface area contributed by atoms with Gasteiger partial charge in [-0.2, -0.15) is 0 Å². The van der Waals surface area contributed by atoms with Gasteiger partial charge in [-0.05, 0) is 61.0 Å². The maximum Gasteiger partial charge on any atom is 0.264 e. The minimum absolute atomic E-state index is 0.115. The lowest BCUT2D eigenvalue weighted by Gasteiger charge is -2.24. The molecule has 0 aliphatic carbocycles. The molecule has 3 aromatic rings. The molecule has 10 heteroatoms. The third-order valence-corrected chi connectivity index (χ3v) is 6.82. The SMILES string of the molecule is COc1ccc(S(=O)(=O)N(CC(=O)Nc2cc(Cl)ccc2C)c2ccc(F)cc2)cc1OC. The number of hydrogen-bond acceptors (Lipinski definition) is 5. The van der Waals surface area contributed by atoms with Gasteiger partial charge < -0.3 is 14.8 Å². The fraction of sp³-hybridized carbons (Fsp3) is 0.174. The van der Waals surface area contributed by atoms with Crippen molar-refractivity contribution in [3.8, 4) is 11.5 Å². The number of halogens is 2. The van der Waals surface area contributed by atoms with Gasteiger partial charge in [0.1, 0.15) is 12.4 Å². The van der Waals surface area contributed by atoms with Crippen molar-refractivity contribution < 1.29 is 27.1 Å². The first-order valence-corrected chi connectivity index (χ1v) is 11.5. The number of methoxy groups -OCH3 is 2. The molecule has 3 aromatic carbocycles. The number of benzene rings is 3. The Morgan fingerprint density at radius 3 is 2.30 bits per heavy atom. The lowest BCUT2D eigenvalue weighted by Crippen LogP contribution is -2.38. The summed E-state index contributed by atoms with van der Waals surface area (Å²) in [4.78, 5) is 12.7. The monoisotopic (exact) mass is 492 g/mol. The molecule has 0 unspecified atom stereocenters. The summed E-state index contributed by atoms with van der Waals surface area (Å²) >= 11 is 6.01. The van der Waals surface area contributed by atoms with Crippen LogP contribution in [0.5, 0.6) is 11.5 Å². The highest BCUT2D eigenvalue weighted by Crippen LogP contribution is 2.32. The summed E-state index contributed by atoms with van der Waals surface area (Å²) in [5, 5.41) is 3.10. The first-order chi connectivity index (χ1) is 15.6. The average Bonchev–Trinajstić information content (AvgIpc) is 2.80. The van der Waals surface area contributed by atoms with Gasteiger partial charge in [-0.15, -0.1) is 0 Å². The van der Waals surface area contributed by atoms with Gasteiger partial charge in [-0.3, -0.25) is 9.10 Å². The number of sulfonamides is 1. The zero-order chi connectivity index (χ0) is 24.2. The normalized spacial score (nSPS) is 11.1. The van der Waals surface area contributed by atoms with Gasteiger partial charge >= 0.3 is 0 Å². The van der Waals surface area contributed by atoms with Crippen molar-refractivity contribution in [1.29, 1.82) is 0 Å². The summed E-state index contributed by atoms with van der Waals surface area (Å²) in [6.45, 7) is 1.22. The zero-order valence-electron chi connectivity index (χ0n) is 18.1. The van der Waals surface area contributed by atoms with Crippen LogP contribution in [0.3, 0.4) is 0 Å². The van der Waals surface area contributed by atoms with E-state index in [-0.39, 0.29) is 16.3 Å². The summed E-state index contributed by atoms with van der Waals surface area (Å²) in [6, 6.07) is 13.9. The van der Waals surface area contributed by atoms with Crippen molar-refractivity contribution in [2.75, 3.05) is 30.4 Å². The van der Waals surface area contributed by atoms with Crippen LogP contribution in [0.4, 0.5) is 15.8 Å². The number of rotatable bonds is 8. The molecule has 0 fully saturated rings. The van der Waals surface area contributed by atoms with Crippen LogP contribution in [-0.2, 0) is 14.8 Å². The number of aryl methyl sites for hydroxylation is 1. The summed E-state index contributed by atoms with van der Waals surface area (Å²) in [7, 11) is -1.43. The van der Waals surface area contributed by atoms with Crippen molar-refractivity contribution in [3.05, 3.63) is 77.1 Å². The van der Waals surface area contributed by atoms with Crippen LogP contribution in [0, 0.1) is 12.7 Å². The molecule has 0 saturated heterocycles. The Hall–Kier alpha value is -3.30. The molecular formula is C23H22ClFN2O5S. The third-order valence-electron chi connectivity index (χ3n) is 4.82. The standard InChI is InChI=1S/C23H22ClFN2O5S/c1-15-4-5-16(24)12-20(15)26-23(28)14-27(18-8-6-17(25)7-9-18)33(29,30)19-10-11-21(31-2)22(13-19)32-3/h4-13H,14H2,1-3H3,(H,26,28). The number of carbonyl (C=O) groups is 1. The number of ether oxygens (including phenoxy) is 2. The van der Waals surface area contributed by atoms with E-state index in [0.29, 0.717) is 16.5 Å². The highest BCUT2D eigenvalue weighted by molar-refractivity contribution is 7.92. The van der Waals surface area contributed by atoms with E-state index < -0.39 is 28.3 Å². The van der Waals surface area contributed by atoms with Gasteiger partial charge in [-0.1, -0.05) is 17.7 Å². The molecule has 0 heterocycles. The van der Waals surface area contributed by atoms with Crippen LogP contribution >= 0.6 is 11.6 Å². The topological polar surface area (TPSA) is 84.9 Å². The Labute approximate surface area is 196 Å². The molecule has 7 nitrogen and oxygen atoms in total. The van der Waals surface area contributed by atoms with Crippen molar-refractivity contribution in [1.82, 2.24) is 0 Å². The van der Waals surface area contributed by atoms with Crippen molar-refractivity contribution in [3.63, 3.8) is 0 Å². The van der Waals surface area contributed by atoms with Crippen LogP contribution in [0.2, 0.25) is 5.02 Å². The van der Waals surface area contributed by atoms with E-state index in [4.69, 9.17) is 21.1 Å². The molecule has 0 aliphatic heterocycles. The Balaban J connectivity index is 2.00. The fourth-order valence-corrected chi connectivity index (χ4v) is 4.68. The van der Waals surface area contributed by atoms with Gasteiger partial charge in [0.05, 0.1) is 24.8 Å². The number of nitrogens with one attached hydrogen (secondary N) is 1. The molecule has 1 amide bonds. The predicted octanol–water partition coefficient (Wildman–Crippen LogP) is 4.64. The van der Waals surface area contributed by atoms with Gasteiger partial charge in [0, 0.05) is 16.8 Å². The molecule has 0 aromatic heterocycles. The Kier molecular flexibility index (Phi) is 7.45. The van der Waals surface area contributed by atoms with Gasteiger partial charge in [0.2, 0.25) is 5.91 Å². The van der Waals surface area contributed by atoms with Crippen molar-refractivity contribution in [2.24, 2.45) is 0 Å². The quantitative estimate of drug-likeness (QED) is 0.495. The largest absolute Gasteiger partial charge is 0.493 e. The number of amides is 1. The molecule has 0 saturated carbocycles. The summed E-state index contributed by atoms with van der Waals surface area (Å²) in [5.74, 6) is -0.592. The van der Waals surface area contributed by atoms with Gasteiger partial charge in [-0.25, -0.2) is 12.8 Å². The van der Waals surface area contributed by atoms with E-state index in [1.54, 1.807) is 25.1 Å². The maximum absolute atomic E-state index is 13.5. The van der Waals surface area contributed by atoms with Crippen LogP contribution in [0.15, 0.2) is 65.6 Å². The van der Waals surface area contributed by atoms with Crippen LogP contribution in [-0.4, -0.2) is 35.1 Å². The molecular weight excluding hydrogens is 471 g/mol. The van der Waals surface area contributed by atoms with Gasteiger partial charge in [0.15, 0.2) is 11.5 Å². The lowest BCUT2D eigenvalue weighted by atomic mass is 10.2. The molecule has 0 spiro atoms. The summed E-state index contributed by atoms with van der Waals surface area (Å²) in [6.07, 6.45) is 0. The number of carbonyl (C=O) groups excluding carboxylic acids is 1. The number of nitrogens with zero attached hydrogens (tertiary/aromatic N) is 1. The molecule has 3 rings (SSSR count). The smallest absolute Gasteiger partial charge is 0.264 e. The molecule has 0 aliphatic rings. The molecule has 0 radical (unpaired) electrons. The van der Waals surface area contributed by atoms with Crippen molar-refractivity contribution >= 4 is 38.9 Å². The third kappa shape index (κ3) is 5.55. The van der Waals surface area contributed by atoms with E-state index in [0.717, 1.165) is 22.0 Å². The molecule has 174 valence electrons. The number of anilines is 2. The van der Waals surface area contributed by atoms with Gasteiger partial charge in [0.25, 0.3) is 10.0 Å². The Bertz CT molecular complexity index is 1270.